The molecule has 0 bridgehead atoms. The van der Waals surface area contributed by atoms with Gasteiger partial charge in [-0.05, 0) is 40.1 Å². The average Bonchev–Trinajstić information content (AvgIpc) is 2.29. The molecule has 0 fully saturated rings. The summed E-state index contributed by atoms with van der Waals surface area (Å²) in [7, 11) is 4.14. The van der Waals surface area contributed by atoms with Crippen LogP contribution >= 0.6 is 12.2 Å². The SMILES string of the molecule is CCN(c1cccnc1C(N)=S)C(C)CN(C)C. The van der Waals surface area contributed by atoms with Gasteiger partial charge in [-0.25, -0.2) is 0 Å². The van der Waals surface area contributed by atoms with Crippen molar-refractivity contribution in [3.05, 3.63) is 24.0 Å². The van der Waals surface area contributed by atoms with Gasteiger partial charge < -0.3 is 15.5 Å². The Balaban J connectivity index is 3.05. The minimum absolute atomic E-state index is 0.348. The fourth-order valence-electron chi connectivity index (χ4n) is 2.16. The second-order valence-corrected chi connectivity index (χ2v) is 5.07. The fourth-order valence-corrected chi connectivity index (χ4v) is 2.32. The van der Waals surface area contributed by atoms with E-state index in [1.54, 1.807) is 6.20 Å². The molecule has 1 unspecified atom stereocenters. The third kappa shape index (κ3) is 3.65. The minimum atomic E-state index is 0.348. The summed E-state index contributed by atoms with van der Waals surface area (Å²) in [6, 6.07) is 4.32. The largest absolute Gasteiger partial charge is 0.388 e. The van der Waals surface area contributed by atoms with Crippen LogP contribution in [0.4, 0.5) is 5.69 Å². The van der Waals surface area contributed by atoms with E-state index in [4.69, 9.17) is 18.0 Å². The third-order valence-electron chi connectivity index (χ3n) is 2.83. The first-order valence-corrected chi connectivity index (χ1v) is 6.54. The van der Waals surface area contributed by atoms with Gasteiger partial charge in [0.2, 0.25) is 0 Å². The predicted octanol–water partition coefficient (Wildman–Crippen LogP) is 1.49. The highest BCUT2D eigenvalue weighted by Crippen LogP contribution is 2.20. The van der Waals surface area contributed by atoms with E-state index >= 15 is 0 Å². The van der Waals surface area contributed by atoms with E-state index in [2.05, 4.69) is 42.7 Å². The topological polar surface area (TPSA) is 45.4 Å². The van der Waals surface area contributed by atoms with Crippen molar-refractivity contribution in [3.8, 4) is 0 Å². The van der Waals surface area contributed by atoms with E-state index in [-0.39, 0.29) is 0 Å². The summed E-state index contributed by atoms with van der Waals surface area (Å²) in [6.45, 7) is 6.19. The van der Waals surface area contributed by atoms with Gasteiger partial charge >= 0.3 is 0 Å². The van der Waals surface area contributed by atoms with Crippen LogP contribution in [0.25, 0.3) is 0 Å². The number of hydrogen-bond acceptors (Lipinski definition) is 4. The van der Waals surface area contributed by atoms with Gasteiger partial charge in [0.05, 0.1) is 5.69 Å². The molecule has 0 saturated carbocycles. The van der Waals surface area contributed by atoms with Gasteiger partial charge in [0, 0.05) is 25.3 Å². The van der Waals surface area contributed by atoms with Crippen LogP contribution in [0, 0.1) is 0 Å². The van der Waals surface area contributed by atoms with Crippen LogP contribution in [0.2, 0.25) is 0 Å². The first-order valence-electron chi connectivity index (χ1n) is 6.13. The van der Waals surface area contributed by atoms with E-state index in [0.29, 0.717) is 16.7 Å². The highest BCUT2D eigenvalue weighted by molar-refractivity contribution is 7.80. The van der Waals surface area contributed by atoms with Crippen LogP contribution in [-0.2, 0) is 0 Å². The van der Waals surface area contributed by atoms with E-state index in [1.807, 2.05) is 12.1 Å². The Hall–Kier alpha value is -1.20. The molecule has 0 radical (unpaired) electrons. The van der Waals surface area contributed by atoms with Crippen LogP contribution < -0.4 is 10.6 Å². The van der Waals surface area contributed by atoms with Gasteiger partial charge in [-0.15, -0.1) is 0 Å². The maximum Gasteiger partial charge on any atom is 0.124 e. The van der Waals surface area contributed by atoms with E-state index < -0.39 is 0 Å². The summed E-state index contributed by atoms with van der Waals surface area (Å²) >= 11 is 5.07. The molecular formula is C13H22N4S. The number of nitrogens with zero attached hydrogens (tertiary/aromatic N) is 3. The Labute approximate surface area is 115 Å². The maximum atomic E-state index is 5.74. The molecule has 18 heavy (non-hydrogen) atoms. The van der Waals surface area contributed by atoms with Crippen molar-refractivity contribution >= 4 is 22.9 Å². The molecular weight excluding hydrogens is 244 g/mol. The Morgan fingerprint density at radius 1 is 1.50 bits per heavy atom. The van der Waals surface area contributed by atoms with Gasteiger partial charge in [0.25, 0.3) is 0 Å². The van der Waals surface area contributed by atoms with Crippen molar-refractivity contribution in [1.29, 1.82) is 0 Å². The monoisotopic (exact) mass is 266 g/mol. The number of hydrogen-bond donors (Lipinski definition) is 1. The number of likely N-dealkylation sites (N-methyl/N-ethyl adjacent to an activating group) is 2. The van der Waals surface area contributed by atoms with Gasteiger partial charge in [-0.3, -0.25) is 4.98 Å². The van der Waals surface area contributed by atoms with Gasteiger partial charge in [-0.1, -0.05) is 12.2 Å². The Morgan fingerprint density at radius 2 is 2.17 bits per heavy atom. The van der Waals surface area contributed by atoms with Crippen LogP contribution in [0.15, 0.2) is 18.3 Å². The van der Waals surface area contributed by atoms with Crippen molar-refractivity contribution in [2.45, 2.75) is 19.9 Å². The Bertz CT molecular complexity index is 406. The fraction of sp³-hybridized carbons (Fsp3) is 0.538. The lowest BCUT2D eigenvalue weighted by Gasteiger charge is -2.32. The molecule has 0 aliphatic carbocycles. The van der Waals surface area contributed by atoms with Gasteiger partial charge in [0.1, 0.15) is 10.7 Å². The summed E-state index contributed by atoms with van der Waals surface area (Å²) in [4.78, 5) is 9.09. The van der Waals surface area contributed by atoms with Gasteiger partial charge in [-0.2, -0.15) is 0 Å². The van der Waals surface area contributed by atoms with Gasteiger partial charge in [0.15, 0.2) is 0 Å². The van der Waals surface area contributed by atoms with Crippen molar-refractivity contribution in [1.82, 2.24) is 9.88 Å². The zero-order valence-electron chi connectivity index (χ0n) is 11.6. The van der Waals surface area contributed by atoms with Crippen LogP contribution in [0.1, 0.15) is 19.5 Å². The van der Waals surface area contributed by atoms with Crippen molar-refractivity contribution in [2.24, 2.45) is 5.73 Å². The molecule has 0 spiro atoms. The van der Waals surface area contributed by atoms with Crippen LogP contribution in [0.5, 0.6) is 0 Å². The maximum absolute atomic E-state index is 5.74. The minimum Gasteiger partial charge on any atom is -0.388 e. The lowest BCUT2D eigenvalue weighted by molar-refractivity contribution is 0.373. The summed E-state index contributed by atoms with van der Waals surface area (Å²) in [5.74, 6) is 0. The second-order valence-electron chi connectivity index (χ2n) is 4.63. The van der Waals surface area contributed by atoms with Crippen LogP contribution in [-0.4, -0.2) is 48.1 Å². The lowest BCUT2D eigenvalue weighted by atomic mass is 10.2. The molecule has 0 amide bonds. The molecule has 2 N–H and O–H groups in total. The summed E-state index contributed by atoms with van der Waals surface area (Å²) < 4.78 is 0. The number of thiocarbonyl (C=S) groups is 1. The van der Waals surface area contributed by atoms with Crippen molar-refractivity contribution in [3.63, 3.8) is 0 Å². The summed E-state index contributed by atoms with van der Waals surface area (Å²) in [5, 5.41) is 0. The molecule has 100 valence electrons. The molecule has 5 heteroatoms. The standard InChI is InChI=1S/C13H22N4S/c1-5-17(10(2)9-16(3)4)11-7-6-8-15-12(11)13(14)18/h6-8,10H,5,9H2,1-4H3,(H2,14,18). The highest BCUT2D eigenvalue weighted by Gasteiger charge is 2.18. The van der Waals surface area contributed by atoms with Crippen molar-refractivity contribution in [2.75, 3.05) is 32.1 Å². The molecule has 1 aromatic rings. The van der Waals surface area contributed by atoms with E-state index in [1.165, 1.54) is 0 Å². The Morgan fingerprint density at radius 3 is 2.67 bits per heavy atom. The van der Waals surface area contributed by atoms with Crippen LogP contribution in [0.3, 0.4) is 0 Å². The number of rotatable bonds is 6. The highest BCUT2D eigenvalue weighted by atomic mass is 32.1. The second kappa shape index (κ2) is 6.66. The quantitative estimate of drug-likeness (QED) is 0.791. The molecule has 1 rings (SSSR count). The first kappa shape index (κ1) is 14.9. The normalized spacial score (nSPS) is 12.5. The summed E-state index contributed by atoms with van der Waals surface area (Å²) in [5.41, 5.74) is 7.46. The Kier molecular flexibility index (Phi) is 5.50. The molecule has 4 nitrogen and oxygen atoms in total. The number of pyridine rings is 1. The molecule has 0 aliphatic rings. The molecule has 1 aromatic heterocycles. The zero-order valence-corrected chi connectivity index (χ0v) is 12.4. The van der Waals surface area contributed by atoms with E-state index in [0.717, 1.165) is 18.8 Å². The molecule has 0 saturated heterocycles. The lowest BCUT2D eigenvalue weighted by Crippen LogP contribution is -2.41. The first-order chi connectivity index (χ1) is 8.47. The average molecular weight is 266 g/mol. The third-order valence-corrected chi connectivity index (χ3v) is 3.02. The van der Waals surface area contributed by atoms with E-state index in [9.17, 15) is 0 Å². The number of anilines is 1. The molecule has 1 heterocycles. The zero-order chi connectivity index (χ0) is 13.7. The number of nitrogens with two attached hydrogens (primary N) is 1. The molecule has 0 aliphatic heterocycles. The summed E-state index contributed by atoms with van der Waals surface area (Å²) in [6.07, 6.45) is 1.72. The smallest absolute Gasteiger partial charge is 0.124 e. The molecule has 1 atom stereocenters. The molecule has 0 aromatic carbocycles. The predicted molar refractivity (Wildman–Crippen MR) is 81.2 cm³/mol. The van der Waals surface area contributed by atoms with Crippen molar-refractivity contribution < 1.29 is 0 Å². The number of aromatic nitrogens is 1.